The molecule has 2 aliphatic rings. The normalized spacial score (nSPS) is 17.7. The zero-order chi connectivity index (χ0) is 42.1. The number of allylic oxidation sites excluding steroid dienone is 2. The van der Waals surface area contributed by atoms with Gasteiger partial charge in [0.2, 0.25) is 0 Å². The van der Waals surface area contributed by atoms with E-state index in [1.807, 2.05) is 0 Å². The molecule has 312 valence electrons. The number of ketones is 2. The van der Waals surface area contributed by atoms with Crippen LogP contribution in [0.15, 0.2) is 36.4 Å². The Morgan fingerprint density at radius 1 is 0.690 bits per heavy atom. The van der Waals surface area contributed by atoms with Crippen LogP contribution in [-0.4, -0.2) is 105 Å². The molecule has 14 nitrogen and oxygen atoms in total. The van der Waals surface area contributed by atoms with Gasteiger partial charge in [0.15, 0.2) is 11.6 Å². The van der Waals surface area contributed by atoms with E-state index in [-0.39, 0.29) is 35.6 Å². The van der Waals surface area contributed by atoms with Gasteiger partial charge in [0.05, 0.1) is 45.3 Å². The maximum absolute atomic E-state index is 15.7. The lowest BCUT2D eigenvalue weighted by Crippen LogP contribution is -2.30. The summed E-state index contributed by atoms with van der Waals surface area (Å²) in [6.45, 7) is 14.9. The maximum Gasteiger partial charge on any atom is 0.407 e. The van der Waals surface area contributed by atoms with Crippen LogP contribution in [0.3, 0.4) is 0 Å². The molecule has 4 aromatic rings. The van der Waals surface area contributed by atoms with E-state index in [0.29, 0.717) is 74.7 Å². The Morgan fingerprint density at radius 3 is 1.41 bits per heavy atom. The Morgan fingerprint density at radius 2 is 1.07 bits per heavy atom. The number of likely N-dealkylation sites (tertiary alicyclic amines) is 2. The summed E-state index contributed by atoms with van der Waals surface area (Å²) in [5.41, 5.74) is 0.412. The fourth-order valence-electron chi connectivity index (χ4n) is 7.41. The van der Waals surface area contributed by atoms with Crippen LogP contribution in [0.5, 0.6) is 0 Å². The first kappa shape index (κ1) is 42.8. The van der Waals surface area contributed by atoms with Crippen LogP contribution in [-0.2, 0) is 22.9 Å². The van der Waals surface area contributed by atoms with Gasteiger partial charge in [-0.1, -0.05) is 39.3 Å². The van der Waals surface area contributed by atoms with Gasteiger partial charge >= 0.3 is 12.2 Å². The molecular formula is C40H52F2N6O8Si2. The van der Waals surface area contributed by atoms with Gasteiger partial charge in [-0.05, 0) is 62.1 Å². The molecule has 4 heterocycles. The summed E-state index contributed by atoms with van der Waals surface area (Å²) >= 11 is 0. The number of fused-ring (bicyclic) bond motifs is 2. The van der Waals surface area contributed by atoms with Crippen LogP contribution in [0.2, 0.25) is 51.4 Å². The minimum Gasteiger partial charge on any atom is -0.465 e. The Balaban J connectivity index is 1.27. The molecule has 2 N–H and O–H groups in total. The highest BCUT2D eigenvalue weighted by Crippen LogP contribution is 2.36. The molecule has 0 bridgehead atoms. The van der Waals surface area contributed by atoms with Gasteiger partial charge in [-0.2, -0.15) is 0 Å². The maximum atomic E-state index is 15.7. The fourth-order valence-corrected chi connectivity index (χ4v) is 8.93. The van der Waals surface area contributed by atoms with Crippen molar-refractivity contribution < 1.29 is 47.6 Å². The molecule has 0 spiro atoms. The topological polar surface area (TPSA) is 169 Å². The average Bonchev–Trinajstić information content (AvgIpc) is 3.94. The van der Waals surface area contributed by atoms with Crippen molar-refractivity contribution in [3.8, 4) is 0 Å². The van der Waals surface area contributed by atoms with Gasteiger partial charge in [0, 0.05) is 54.6 Å². The number of rotatable bonds is 16. The van der Waals surface area contributed by atoms with Crippen LogP contribution >= 0.6 is 0 Å². The lowest BCUT2D eigenvalue weighted by atomic mass is 10.1. The monoisotopic (exact) mass is 838 g/mol. The highest BCUT2D eigenvalue weighted by atomic mass is 28.3. The molecule has 58 heavy (non-hydrogen) atoms. The predicted molar refractivity (Wildman–Crippen MR) is 219 cm³/mol. The summed E-state index contributed by atoms with van der Waals surface area (Å²) in [5.74, 6) is -2.72. The van der Waals surface area contributed by atoms with E-state index in [1.54, 1.807) is 9.13 Å². The number of hydrogen-bond acceptors (Lipinski definition) is 8. The molecule has 2 aliphatic heterocycles. The molecule has 0 unspecified atom stereocenters. The lowest BCUT2D eigenvalue weighted by molar-refractivity contribution is 0.0832. The largest absolute Gasteiger partial charge is 0.465 e. The zero-order valence-electron chi connectivity index (χ0n) is 33.9. The fraction of sp³-hybridized carbons (Fsp3) is 0.500. The second-order valence-electron chi connectivity index (χ2n) is 17.5. The van der Waals surface area contributed by atoms with Crippen molar-refractivity contribution >= 4 is 62.0 Å². The average molecular weight is 839 g/mol. The molecule has 0 saturated carbocycles. The minimum absolute atomic E-state index is 0.0150. The zero-order valence-corrected chi connectivity index (χ0v) is 35.9. The minimum atomic E-state index is -1.42. The lowest BCUT2D eigenvalue weighted by Gasteiger charge is -2.22. The van der Waals surface area contributed by atoms with Crippen LogP contribution in [0, 0.1) is 11.6 Å². The molecule has 2 atom stereocenters. The number of benzene rings is 2. The van der Waals surface area contributed by atoms with E-state index >= 15 is 8.78 Å². The summed E-state index contributed by atoms with van der Waals surface area (Å²) in [6.07, 6.45) is 1.84. The Labute approximate surface area is 337 Å². The number of carbonyl (C=O) groups excluding carboxylic acids is 2. The third kappa shape index (κ3) is 9.56. The Bertz CT molecular complexity index is 2110. The van der Waals surface area contributed by atoms with Crippen LogP contribution in [0.1, 0.15) is 70.1 Å². The van der Waals surface area contributed by atoms with Gasteiger partial charge in [-0.25, -0.2) is 28.3 Å². The number of nitrogens with zero attached hydrogens (tertiary/aromatic N) is 6. The summed E-state index contributed by atoms with van der Waals surface area (Å²) in [7, 11) is -2.83. The van der Waals surface area contributed by atoms with E-state index in [1.165, 1.54) is 21.9 Å². The first-order valence-corrected chi connectivity index (χ1v) is 27.0. The SMILES string of the molecule is C[Si](C)(C)CCOCn1c([C@@H]2CCCN2C(=O)O)nc2cc(C(=O)/C=C/C(=O)c3cc4nc([C@@H]5CCCN5C(=O)O)n(COCC[Si](C)(C)C)c4cc3F)c(F)cc21. The van der Waals surface area contributed by atoms with Crippen LogP contribution in [0.4, 0.5) is 18.4 Å². The Hall–Kier alpha value is -4.79. The number of hydrogen-bond donors (Lipinski definition) is 2. The van der Waals surface area contributed by atoms with Gasteiger partial charge in [-0.3, -0.25) is 19.4 Å². The first-order valence-electron chi connectivity index (χ1n) is 19.6. The number of amides is 2. The number of imidazole rings is 2. The van der Waals surface area contributed by atoms with E-state index in [9.17, 15) is 29.4 Å². The molecule has 18 heteroatoms. The van der Waals surface area contributed by atoms with E-state index in [2.05, 4.69) is 49.3 Å². The van der Waals surface area contributed by atoms with E-state index in [4.69, 9.17) is 9.47 Å². The number of halogens is 2. The summed E-state index contributed by atoms with van der Waals surface area (Å²) in [5, 5.41) is 19.7. The molecule has 2 aromatic heterocycles. The number of ether oxygens (including phenoxy) is 2. The van der Waals surface area contributed by atoms with Crippen LogP contribution in [0.25, 0.3) is 22.1 Å². The molecule has 6 rings (SSSR count). The third-order valence-corrected chi connectivity index (χ3v) is 14.1. The third-order valence-electron chi connectivity index (χ3n) is 10.7. The van der Waals surface area contributed by atoms with Crippen molar-refractivity contribution in [2.45, 2.75) is 103 Å². The summed E-state index contributed by atoms with van der Waals surface area (Å²) in [6, 6.07) is 5.44. The molecule has 0 radical (unpaired) electrons. The Kier molecular flexibility index (Phi) is 12.7. The summed E-state index contributed by atoms with van der Waals surface area (Å²) in [4.78, 5) is 62.9. The van der Waals surface area contributed by atoms with Crippen molar-refractivity contribution in [2.75, 3.05) is 26.3 Å². The van der Waals surface area contributed by atoms with Crippen LogP contribution < -0.4 is 0 Å². The van der Waals surface area contributed by atoms with E-state index < -0.39 is 63.6 Å². The molecule has 2 fully saturated rings. The second kappa shape index (κ2) is 17.2. The van der Waals surface area contributed by atoms with Gasteiger partial charge in [0.25, 0.3) is 0 Å². The highest BCUT2D eigenvalue weighted by Gasteiger charge is 2.36. The highest BCUT2D eigenvalue weighted by molar-refractivity contribution is 6.76. The van der Waals surface area contributed by atoms with Gasteiger partial charge < -0.3 is 28.8 Å². The number of carboxylic acid groups (broad SMARTS) is 2. The summed E-state index contributed by atoms with van der Waals surface area (Å²) < 4.78 is 46.8. The van der Waals surface area contributed by atoms with Crippen molar-refractivity contribution in [3.05, 3.63) is 70.8 Å². The van der Waals surface area contributed by atoms with Crippen molar-refractivity contribution in [1.82, 2.24) is 28.9 Å². The van der Waals surface area contributed by atoms with Gasteiger partial charge in [0.1, 0.15) is 36.7 Å². The standard InChI is InChI=1S/C40H52F2N6O8Si2/c1-57(2,3)17-15-55-23-47-33-21-27(41)25(19-29(33)43-37(47)31-9-7-13-45(31)39(51)52)35(49)11-12-36(50)26-20-30-34(22-28(26)42)48(24-56-16-18-58(4,5)6)38(44-30)32-10-8-14-46(32)40(53)54/h11-12,19-22,31-32H,7-10,13-18,23-24H2,1-6H3,(H,51,52)(H,53,54)/b12-11+/t31-,32-/m0/s1. The number of aromatic nitrogens is 4. The molecule has 2 amide bonds. The van der Waals surface area contributed by atoms with Crippen molar-refractivity contribution in [3.63, 3.8) is 0 Å². The van der Waals surface area contributed by atoms with Gasteiger partial charge in [-0.15, -0.1) is 0 Å². The molecule has 0 aliphatic carbocycles. The number of carbonyl (C=O) groups is 4. The van der Waals surface area contributed by atoms with E-state index in [0.717, 1.165) is 36.4 Å². The molecule has 2 saturated heterocycles. The second-order valence-corrected chi connectivity index (χ2v) is 28.7. The quantitative estimate of drug-likeness (QED) is 0.0483. The molecular weight excluding hydrogens is 787 g/mol. The first-order chi connectivity index (χ1) is 27.3. The predicted octanol–water partition coefficient (Wildman–Crippen LogP) is 8.54. The van der Waals surface area contributed by atoms with Crippen molar-refractivity contribution in [1.29, 1.82) is 0 Å². The smallest absolute Gasteiger partial charge is 0.407 e. The molecule has 2 aromatic carbocycles. The van der Waals surface area contributed by atoms with Crippen molar-refractivity contribution in [2.24, 2.45) is 0 Å².